The van der Waals surface area contributed by atoms with Gasteiger partial charge < -0.3 is 9.72 Å². The molecule has 8 heteroatoms. The number of halogens is 3. The molecule has 5 nitrogen and oxygen atoms in total. The van der Waals surface area contributed by atoms with Gasteiger partial charge in [-0.1, -0.05) is 0 Å². The lowest BCUT2D eigenvalue weighted by molar-refractivity contribution is -0.137. The second-order valence-corrected chi connectivity index (χ2v) is 3.64. The summed E-state index contributed by atoms with van der Waals surface area (Å²) in [5, 5.41) is 0. The Morgan fingerprint density at radius 3 is 2.63 bits per heavy atom. The quantitative estimate of drug-likeness (QED) is 0.802. The number of methoxy groups -OCH3 is 1. The van der Waals surface area contributed by atoms with Crippen molar-refractivity contribution in [1.29, 1.82) is 0 Å². The molecule has 0 aliphatic heterocycles. The summed E-state index contributed by atoms with van der Waals surface area (Å²) in [5.41, 5.74) is -2.37. The molecular formula is C11H7F3N2O3. The number of nitrogens with zero attached hydrogens (tertiary/aromatic N) is 1. The summed E-state index contributed by atoms with van der Waals surface area (Å²) >= 11 is 0. The van der Waals surface area contributed by atoms with Crippen molar-refractivity contribution in [2.75, 3.05) is 7.11 Å². The monoisotopic (exact) mass is 272 g/mol. The minimum atomic E-state index is -4.53. The van der Waals surface area contributed by atoms with Crippen molar-refractivity contribution >= 4 is 17.0 Å². The molecule has 0 bridgehead atoms. The van der Waals surface area contributed by atoms with E-state index in [0.29, 0.717) is 0 Å². The predicted molar refractivity (Wildman–Crippen MR) is 58.7 cm³/mol. The molecule has 1 N–H and O–H groups in total. The van der Waals surface area contributed by atoms with Crippen molar-refractivity contribution in [3.63, 3.8) is 0 Å². The molecule has 1 aromatic carbocycles. The molecule has 1 aromatic heterocycles. The Bertz CT molecular complexity index is 706. The summed E-state index contributed by atoms with van der Waals surface area (Å²) < 4.78 is 41.9. The molecule has 0 spiro atoms. The zero-order chi connectivity index (χ0) is 14.2. The van der Waals surface area contributed by atoms with Crippen LogP contribution in [0.2, 0.25) is 0 Å². The molecule has 0 amide bonds. The number of ether oxygens (including phenoxy) is 1. The molecule has 1 heterocycles. The largest absolute Gasteiger partial charge is 0.464 e. The molecule has 2 aromatic rings. The van der Waals surface area contributed by atoms with Crippen LogP contribution in [0.25, 0.3) is 11.0 Å². The number of aromatic nitrogens is 2. The first-order chi connectivity index (χ1) is 8.82. The molecule has 0 atom stereocenters. The number of alkyl halides is 3. The SMILES string of the molecule is COC(=O)c1nc2cc(C(F)(F)F)ccc2[nH]c1=O. The number of carbonyl (C=O) groups excluding carboxylic acids is 1. The van der Waals surface area contributed by atoms with Crippen LogP contribution >= 0.6 is 0 Å². The van der Waals surface area contributed by atoms with Gasteiger partial charge in [0.25, 0.3) is 5.56 Å². The van der Waals surface area contributed by atoms with Gasteiger partial charge >= 0.3 is 12.1 Å². The Kier molecular flexibility index (Phi) is 3.01. The van der Waals surface area contributed by atoms with Crippen LogP contribution in [0.15, 0.2) is 23.0 Å². The maximum absolute atomic E-state index is 12.5. The number of nitrogens with one attached hydrogen (secondary N) is 1. The van der Waals surface area contributed by atoms with Gasteiger partial charge in [0, 0.05) is 0 Å². The number of hydrogen-bond donors (Lipinski definition) is 1. The van der Waals surface area contributed by atoms with E-state index in [1.807, 2.05) is 0 Å². The molecule has 100 valence electrons. The van der Waals surface area contributed by atoms with Crippen molar-refractivity contribution in [3.8, 4) is 0 Å². The highest BCUT2D eigenvalue weighted by molar-refractivity contribution is 5.89. The minimum absolute atomic E-state index is 0.102. The van der Waals surface area contributed by atoms with Crippen LogP contribution in [-0.4, -0.2) is 23.0 Å². The third-order valence-electron chi connectivity index (χ3n) is 2.40. The maximum atomic E-state index is 12.5. The van der Waals surface area contributed by atoms with Crippen LogP contribution in [0, 0.1) is 0 Å². The van der Waals surface area contributed by atoms with Gasteiger partial charge in [-0.05, 0) is 18.2 Å². The summed E-state index contributed by atoms with van der Waals surface area (Å²) in [5.74, 6) is -1.01. The van der Waals surface area contributed by atoms with Crippen LogP contribution < -0.4 is 5.56 Å². The molecular weight excluding hydrogens is 265 g/mol. The summed E-state index contributed by atoms with van der Waals surface area (Å²) in [7, 11) is 1.04. The normalized spacial score (nSPS) is 11.6. The Morgan fingerprint density at radius 1 is 1.37 bits per heavy atom. The Balaban J connectivity index is 2.68. The van der Waals surface area contributed by atoms with E-state index in [-0.39, 0.29) is 11.0 Å². The number of H-pyrrole nitrogens is 1. The summed E-state index contributed by atoms with van der Waals surface area (Å²) in [4.78, 5) is 28.6. The molecule has 2 rings (SSSR count). The van der Waals surface area contributed by atoms with E-state index in [9.17, 15) is 22.8 Å². The van der Waals surface area contributed by atoms with Crippen LogP contribution in [0.4, 0.5) is 13.2 Å². The number of carbonyl (C=O) groups is 1. The first-order valence-electron chi connectivity index (χ1n) is 5.02. The molecule has 0 saturated carbocycles. The zero-order valence-corrected chi connectivity index (χ0v) is 9.54. The Morgan fingerprint density at radius 2 is 2.05 bits per heavy atom. The van der Waals surface area contributed by atoms with Crippen LogP contribution in [-0.2, 0) is 10.9 Å². The molecule has 0 aliphatic rings. The molecule has 0 aliphatic carbocycles. The third kappa shape index (κ3) is 2.42. The van der Waals surface area contributed by atoms with Gasteiger partial charge in [0.15, 0.2) is 0 Å². The fourth-order valence-corrected chi connectivity index (χ4v) is 1.49. The van der Waals surface area contributed by atoms with Crippen LogP contribution in [0.5, 0.6) is 0 Å². The van der Waals surface area contributed by atoms with Gasteiger partial charge in [0.05, 0.1) is 23.7 Å². The standard InChI is InChI=1S/C11H7F3N2O3/c1-19-10(18)8-9(17)16-6-3-2-5(11(12,13)14)4-7(6)15-8/h2-4H,1H3,(H,16,17). The molecule has 19 heavy (non-hydrogen) atoms. The summed E-state index contributed by atoms with van der Waals surface area (Å²) in [6.45, 7) is 0. The molecule has 0 fully saturated rings. The van der Waals surface area contributed by atoms with E-state index >= 15 is 0 Å². The minimum Gasteiger partial charge on any atom is -0.464 e. The predicted octanol–water partition coefficient (Wildman–Crippen LogP) is 1.73. The topological polar surface area (TPSA) is 72.0 Å². The smallest absolute Gasteiger partial charge is 0.416 e. The molecule has 0 unspecified atom stereocenters. The first-order valence-corrected chi connectivity index (χ1v) is 5.02. The number of esters is 1. The average molecular weight is 272 g/mol. The lowest BCUT2D eigenvalue weighted by atomic mass is 10.2. The Labute approximate surface area is 104 Å². The average Bonchev–Trinajstić information content (AvgIpc) is 2.35. The number of fused-ring (bicyclic) bond motifs is 1. The maximum Gasteiger partial charge on any atom is 0.416 e. The van der Waals surface area contributed by atoms with E-state index in [0.717, 1.165) is 25.3 Å². The number of benzene rings is 1. The van der Waals surface area contributed by atoms with E-state index in [2.05, 4.69) is 14.7 Å². The highest BCUT2D eigenvalue weighted by atomic mass is 19.4. The Hall–Kier alpha value is -2.38. The fraction of sp³-hybridized carbons (Fsp3) is 0.182. The molecule has 0 radical (unpaired) electrons. The van der Waals surface area contributed by atoms with Crippen molar-refractivity contribution in [2.24, 2.45) is 0 Å². The number of rotatable bonds is 1. The first kappa shape index (κ1) is 13.1. The van der Waals surface area contributed by atoms with E-state index < -0.39 is 29.0 Å². The highest BCUT2D eigenvalue weighted by Crippen LogP contribution is 2.30. The lowest BCUT2D eigenvalue weighted by Gasteiger charge is -2.07. The van der Waals surface area contributed by atoms with Gasteiger partial charge in [-0.3, -0.25) is 4.79 Å². The van der Waals surface area contributed by atoms with Crippen molar-refractivity contribution in [2.45, 2.75) is 6.18 Å². The van der Waals surface area contributed by atoms with Gasteiger partial charge in [-0.15, -0.1) is 0 Å². The van der Waals surface area contributed by atoms with Gasteiger partial charge in [0.2, 0.25) is 5.69 Å². The van der Waals surface area contributed by atoms with E-state index in [4.69, 9.17) is 0 Å². The van der Waals surface area contributed by atoms with Crippen LogP contribution in [0.3, 0.4) is 0 Å². The number of aromatic amines is 1. The van der Waals surface area contributed by atoms with E-state index in [1.165, 1.54) is 0 Å². The van der Waals surface area contributed by atoms with Crippen molar-refractivity contribution < 1.29 is 22.7 Å². The van der Waals surface area contributed by atoms with Crippen molar-refractivity contribution in [3.05, 3.63) is 39.8 Å². The van der Waals surface area contributed by atoms with Gasteiger partial charge in [0.1, 0.15) is 0 Å². The second kappa shape index (κ2) is 4.38. The third-order valence-corrected chi connectivity index (χ3v) is 2.40. The molecule has 0 saturated heterocycles. The lowest BCUT2D eigenvalue weighted by Crippen LogP contribution is -2.21. The number of hydrogen-bond acceptors (Lipinski definition) is 4. The zero-order valence-electron chi connectivity index (χ0n) is 9.54. The fourth-order valence-electron chi connectivity index (χ4n) is 1.49. The summed E-state index contributed by atoms with van der Waals surface area (Å²) in [6, 6.07) is 2.64. The second-order valence-electron chi connectivity index (χ2n) is 3.64. The van der Waals surface area contributed by atoms with Gasteiger partial charge in [-0.25, -0.2) is 9.78 Å². The highest BCUT2D eigenvalue weighted by Gasteiger charge is 2.30. The van der Waals surface area contributed by atoms with Gasteiger partial charge in [-0.2, -0.15) is 13.2 Å². The van der Waals surface area contributed by atoms with Crippen LogP contribution in [0.1, 0.15) is 16.1 Å². The van der Waals surface area contributed by atoms with Crippen molar-refractivity contribution in [1.82, 2.24) is 9.97 Å². The van der Waals surface area contributed by atoms with E-state index in [1.54, 1.807) is 0 Å². The summed E-state index contributed by atoms with van der Waals surface area (Å²) in [6.07, 6.45) is -4.53.